The van der Waals surface area contributed by atoms with E-state index in [1.807, 2.05) is 38.2 Å². The van der Waals surface area contributed by atoms with Crippen molar-refractivity contribution in [2.24, 2.45) is 0 Å². The summed E-state index contributed by atoms with van der Waals surface area (Å²) in [6, 6.07) is 7.65. The molecular formula is C17H22N4O2. The third-order valence-electron chi connectivity index (χ3n) is 3.88. The molecule has 0 radical (unpaired) electrons. The largest absolute Gasteiger partial charge is 0.493 e. The number of hydrogen-bond donors (Lipinski definition) is 2. The average molecular weight is 314 g/mol. The Bertz CT molecular complexity index is 686. The van der Waals surface area contributed by atoms with Crippen LogP contribution in [0.15, 0.2) is 24.3 Å². The number of aromatic nitrogens is 2. The standard InChI is InChI=1S/C17H22N4O2/c1-11-9-16(18-2)21-17(19-11)20-12-7-8-14(22-3)15(10-12)23-13-5-4-6-13/h7-10,13H,4-6H2,1-3H3,(H2,18,19,20,21). The zero-order chi connectivity index (χ0) is 16.2. The Kier molecular flexibility index (Phi) is 4.50. The molecule has 0 spiro atoms. The van der Waals surface area contributed by atoms with Gasteiger partial charge in [0.05, 0.1) is 13.2 Å². The lowest BCUT2D eigenvalue weighted by Gasteiger charge is -2.27. The van der Waals surface area contributed by atoms with E-state index in [0.717, 1.165) is 41.5 Å². The smallest absolute Gasteiger partial charge is 0.229 e. The molecule has 0 amide bonds. The molecule has 6 heteroatoms. The van der Waals surface area contributed by atoms with Gasteiger partial charge in [0.2, 0.25) is 5.95 Å². The first-order valence-corrected chi connectivity index (χ1v) is 7.83. The van der Waals surface area contributed by atoms with Gasteiger partial charge in [0.25, 0.3) is 0 Å². The Morgan fingerprint density at radius 3 is 2.61 bits per heavy atom. The van der Waals surface area contributed by atoms with E-state index >= 15 is 0 Å². The van der Waals surface area contributed by atoms with Crippen molar-refractivity contribution in [3.8, 4) is 11.5 Å². The number of hydrogen-bond acceptors (Lipinski definition) is 6. The van der Waals surface area contributed by atoms with Crippen molar-refractivity contribution in [2.45, 2.75) is 32.3 Å². The van der Waals surface area contributed by atoms with Crippen molar-refractivity contribution < 1.29 is 9.47 Å². The Hall–Kier alpha value is -2.50. The number of benzene rings is 1. The molecule has 1 aliphatic rings. The summed E-state index contributed by atoms with van der Waals surface area (Å²) in [6.07, 6.45) is 3.74. The summed E-state index contributed by atoms with van der Waals surface area (Å²) in [6.45, 7) is 1.94. The third kappa shape index (κ3) is 3.64. The molecule has 1 fully saturated rings. The third-order valence-corrected chi connectivity index (χ3v) is 3.88. The summed E-state index contributed by atoms with van der Waals surface area (Å²) in [5, 5.41) is 6.25. The maximum atomic E-state index is 6.00. The number of nitrogens with one attached hydrogen (secondary N) is 2. The normalized spacial score (nSPS) is 14.0. The number of methoxy groups -OCH3 is 1. The summed E-state index contributed by atoms with van der Waals surface area (Å²) in [4.78, 5) is 8.81. The first kappa shape index (κ1) is 15.4. The summed E-state index contributed by atoms with van der Waals surface area (Å²) in [5.41, 5.74) is 1.76. The zero-order valence-electron chi connectivity index (χ0n) is 13.7. The second-order valence-corrected chi connectivity index (χ2v) is 5.63. The molecule has 3 rings (SSSR count). The average Bonchev–Trinajstić information content (AvgIpc) is 2.50. The van der Waals surface area contributed by atoms with Crippen LogP contribution in [0, 0.1) is 6.92 Å². The lowest BCUT2D eigenvalue weighted by molar-refractivity contribution is 0.116. The Balaban J connectivity index is 1.82. The molecule has 0 atom stereocenters. The second kappa shape index (κ2) is 6.73. The molecule has 1 saturated carbocycles. The Morgan fingerprint density at radius 2 is 1.96 bits per heavy atom. The molecule has 1 heterocycles. The topological polar surface area (TPSA) is 68.3 Å². The molecule has 6 nitrogen and oxygen atoms in total. The summed E-state index contributed by atoms with van der Waals surface area (Å²) in [5.74, 6) is 2.82. The van der Waals surface area contributed by atoms with Crippen molar-refractivity contribution in [2.75, 3.05) is 24.8 Å². The van der Waals surface area contributed by atoms with Crippen LogP contribution in [-0.4, -0.2) is 30.2 Å². The van der Waals surface area contributed by atoms with E-state index < -0.39 is 0 Å². The van der Waals surface area contributed by atoms with Crippen molar-refractivity contribution in [1.29, 1.82) is 0 Å². The van der Waals surface area contributed by atoms with E-state index in [9.17, 15) is 0 Å². The van der Waals surface area contributed by atoms with Crippen LogP contribution in [0.4, 0.5) is 17.5 Å². The van der Waals surface area contributed by atoms with Gasteiger partial charge in [0, 0.05) is 30.6 Å². The fraction of sp³-hybridized carbons (Fsp3) is 0.412. The molecule has 2 aromatic rings. The van der Waals surface area contributed by atoms with Crippen LogP contribution in [0.1, 0.15) is 25.0 Å². The van der Waals surface area contributed by atoms with Gasteiger partial charge >= 0.3 is 0 Å². The molecule has 1 aliphatic carbocycles. The van der Waals surface area contributed by atoms with Crippen LogP contribution in [0.2, 0.25) is 0 Å². The fourth-order valence-corrected chi connectivity index (χ4v) is 2.40. The molecule has 122 valence electrons. The van der Waals surface area contributed by atoms with E-state index in [0.29, 0.717) is 12.1 Å². The van der Waals surface area contributed by atoms with Crippen molar-refractivity contribution in [3.05, 3.63) is 30.0 Å². The highest BCUT2D eigenvalue weighted by molar-refractivity contribution is 5.60. The van der Waals surface area contributed by atoms with Crippen LogP contribution in [0.3, 0.4) is 0 Å². The maximum Gasteiger partial charge on any atom is 0.229 e. The van der Waals surface area contributed by atoms with Gasteiger partial charge in [-0.05, 0) is 38.3 Å². The van der Waals surface area contributed by atoms with Crippen LogP contribution < -0.4 is 20.1 Å². The van der Waals surface area contributed by atoms with Crippen molar-refractivity contribution in [3.63, 3.8) is 0 Å². The lowest BCUT2D eigenvalue weighted by atomic mass is 9.96. The second-order valence-electron chi connectivity index (χ2n) is 5.63. The highest BCUT2D eigenvalue weighted by Crippen LogP contribution is 2.35. The molecule has 0 bridgehead atoms. The number of aryl methyl sites for hydroxylation is 1. The van der Waals surface area contributed by atoms with E-state index in [-0.39, 0.29) is 0 Å². The molecule has 0 saturated heterocycles. The highest BCUT2D eigenvalue weighted by Gasteiger charge is 2.21. The van der Waals surface area contributed by atoms with E-state index in [4.69, 9.17) is 9.47 Å². The maximum absolute atomic E-state index is 6.00. The van der Waals surface area contributed by atoms with Gasteiger partial charge in [-0.1, -0.05) is 0 Å². The van der Waals surface area contributed by atoms with Crippen LogP contribution in [-0.2, 0) is 0 Å². The minimum Gasteiger partial charge on any atom is -0.493 e. The predicted octanol–water partition coefficient (Wildman–Crippen LogP) is 3.51. The van der Waals surface area contributed by atoms with Crippen LogP contribution >= 0.6 is 0 Å². The molecular weight excluding hydrogens is 292 g/mol. The SMILES string of the molecule is CNc1cc(C)nc(Nc2ccc(OC)c(OC3CCC3)c2)n1. The monoisotopic (exact) mass is 314 g/mol. The summed E-state index contributed by atoms with van der Waals surface area (Å²) < 4.78 is 11.4. The van der Waals surface area contributed by atoms with Crippen molar-refractivity contribution >= 4 is 17.5 Å². The Morgan fingerprint density at radius 1 is 1.13 bits per heavy atom. The number of nitrogens with zero attached hydrogens (tertiary/aromatic N) is 2. The van der Waals surface area contributed by atoms with E-state index in [2.05, 4.69) is 20.6 Å². The first-order valence-electron chi connectivity index (χ1n) is 7.83. The summed E-state index contributed by atoms with van der Waals surface area (Å²) in [7, 11) is 3.49. The summed E-state index contributed by atoms with van der Waals surface area (Å²) >= 11 is 0. The molecule has 23 heavy (non-hydrogen) atoms. The number of rotatable bonds is 6. The fourth-order valence-electron chi connectivity index (χ4n) is 2.40. The van der Waals surface area contributed by atoms with Gasteiger partial charge in [0.15, 0.2) is 11.5 Å². The number of ether oxygens (including phenoxy) is 2. The van der Waals surface area contributed by atoms with Gasteiger partial charge in [-0.25, -0.2) is 4.98 Å². The Labute approximate surface area is 136 Å². The van der Waals surface area contributed by atoms with E-state index in [1.54, 1.807) is 7.11 Å². The van der Waals surface area contributed by atoms with Gasteiger partial charge < -0.3 is 20.1 Å². The van der Waals surface area contributed by atoms with Gasteiger partial charge in [0.1, 0.15) is 5.82 Å². The molecule has 1 aromatic heterocycles. The van der Waals surface area contributed by atoms with Gasteiger partial charge in [-0.2, -0.15) is 4.98 Å². The highest BCUT2D eigenvalue weighted by atomic mass is 16.5. The van der Waals surface area contributed by atoms with E-state index in [1.165, 1.54) is 6.42 Å². The quantitative estimate of drug-likeness (QED) is 0.850. The first-order chi connectivity index (χ1) is 11.2. The minimum atomic E-state index is 0.297. The van der Waals surface area contributed by atoms with Crippen LogP contribution in [0.25, 0.3) is 0 Å². The molecule has 2 N–H and O–H groups in total. The lowest BCUT2D eigenvalue weighted by Crippen LogP contribution is -2.24. The van der Waals surface area contributed by atoms with Crippen LogP contribution in [0.5, 0.6) is 11.5 Å². The molecule has 0 unspecified atom stereocenters. The molecule has 0 aliphatic heterocycles. The molecule has 1 aromatic carbocycles. The van der Waals surface area contributed by atoms with Gasteiger partial charge in [-0.15, -0.1) is 0 Å². The predicted molar refractivity (Wildman–Crippen MR) is 90.9 cm³/mol. The zero-order valence-corrected chi connectivity index (χ0v) is 13.7. The minimum absolute atomic E-state index is 0.297. The van der Waals surface area contributed by atoms with Gasteiger partial charge in [-0.3, -0.25) is 0 Å². The number of anilines is 3. The van der Waals surface area contributed by atoms with Crippen molar-refractivity contribution in [1.82, 2.24) is 9.97 Å².